The lowest BCUT2D eigenvalue weighted by molar-refractivity contribution is 0.102. The van der Waals surface area contributed by atoms with Gasteiger partial charge < -0.3 is 0 Å². The fraction of sp³-hybridized carbons (Fsp3) is 0.400. The second-order valence-corrected chi connectivity index (χ2v) is 6.19. The van der Waals surface area contributed by atoms with E-state index in [1.165, 1.54) is 22.7 Å². The maximum absolute atomic E-state index is 11.7. The maximum atomic E-state index is 11.7. The number of carbonyl (C=O) groups is 1. The molecule has 0 aromatic carbocycles. The van der Waals surface area contributed by atoms with E-state index in [4.69, 9.17) is 0 Å². The molecule has 0 bridgehead atoms. The van der Waals surface area contributed by atoms with Gasteiger partial charge in [-0.2, -0.15) is 0 Å². The fourth-order valence-corrected chi connectivity index (χ4v) is 2.39. The Balaban J connectivity index is 2.10. The van der Waals surface area contributed by atoms with Crippen LogP contribution in [-0.4, -0.2) is 21.1 Å². The van der Waals surface area contributed by atoms with E-state index >= 15 is 0 Å². The van der Waals surface area contributed by atoms with Crippen molar-refractivity contribution in [3.8, 4) is 0 Å². The molecule has 0 saturated heterocycles. The molecule has 2 heterocycles. The Bertz CT molecular complexity index is 513. The van der Waals surface area contributed by atoms with Crippen LogP contribution in [-0.2, 0) is 5.41 Å². The van der Waals surface area contributed by atoms with Gasteiger partial charge in [-0.15, -0.1) is 21.5 Å². The quantitative estimate of drug-likeness (QED) is 0.908. The van der Waals surface area contributed by atoms with Gasteiger partial charge in [0, 0.05) is 10.8 Å². The van der Waals surface area contributed by atoms with Crippen LogP contribution in [0, 0.1) is 0 Å². The third-order valence-corrected chi connectivity index (χ3v) is 3.80. The molecule has 0 spiro atoms. The lowest BCUT2D eigenvalue weighted by Gasteiger charge is -2.12. The molecule has 17 heavy (non-hydrogen) atoms. The number of amides is 1. The smallest absolute Gasteiger partial charge is 0.276 e. The topological polar surface area (TPSA) is 67.8 Å². The second kappa shape index (κ2) is 4.50. The summed E-state index contributed by atoms with van der Waals surface area (Å²) in [5.74, 6) is -0.247. The van der Waals surface area contributed by atoms with E-state index < -0.39 is 0 Å². The summed E-state index contributed by atoms with van der Waals surface area (Å²) in [5.41, 5.74) is 1.97. The van der Waals surface area contributed by atoms with Gasteiger partial charge in [0.1, 0.15) is 10.7 Å². The number of thiazole rings is 1. The summed E-state index contributed by atoms with van der Waals surface area (Å²) in [4.78, 5) is 15.6. The van der Waals surface area contributed by atoms with E-state index in [9.17, 15) is 4.79 Å². The highest BCUT2D eigenvalue weighted by Gasteiger charge is 2.20. The van der Waals surface area contributed by atoms with Crippen LogP contribution in [0.25, 0.3) is 0 Å². The van der Waals surface area contributed by atoms with Gasteiger partial charge in [-0.3, -0.25) is 10.1 Å². The Labute approximate surface area is 107 Å². The minimum Gasteiger partial charge on any atom is -0.295 e. The van der Waals surface area contributed by atoms with Gasteiger partial charge in [-0.25, -0.2) is 4.98 Å². The van der Waals surface area contributed by atoms with E-state index in [0.29, 0.717) is 10.8 Å². The first-order valence-corrected chi connectivity index (χ1v) is 6.76. The Morgan fingerprint density at radius 3 is 2.65 bits per heavy atom. The first kappa shape index (κ1) is 12.1. The molecule has 2 aromatic rings. The number of aromatic nitrogens is 3. The summed E-state index contributed by atoms with van der Waals surface area (Å²) < 4.78 is 0. The summed E-state index contributed by atoms with van der Waals surface area (Å²) in [6.45, 7) is 6.17. The highest BCUT2D eigenvalue weighted by molar-refractivity contribution is 7.15. The zero-order valence-corrected chi connectivity index (χ0v) is 11.4. The number of rotatable bonds is 2. The van der Waals surface area contributed by atoms with Crippen molar-refractivity contribution >= 4 is 33.7 Å². The van der Waals surface area contributed by atoms with Crippen molar-refractivity contribution in [2.24, 2.45) is 0 Å². The molecule has 90 valence electrons. The van der Waals surface area contributed by atoms with Crippen molar-refractivity contribution in [2.75, 3.05) is 5.32 Å². The predicted octanol–water partition coefficient (Wildman–Crippen LogP) is 2.54. The molecular formula is C10H12N4OS2. The third kappa shape index (κ3) is 2.86. The van der Waals surface area contributed by atoms with Gasteiger partial charge in [-0.05, 0) is 0 Å². The van der Waals surface area contributed by atoms with Crippen molar-refractivity contribution < 1.29 is 4.79 Å². The Hall–Kier alpha value is -1.34. The van der Waals surface area contributed by atoms with Gasteiger partial charge in [0.2, 0.25) is 5.13 Å². The number of nitrogens with one attached hydrogen (secondary N) is 1. The molecule has 0 atom stereocenters. The first-order valence-electron chi connectivity index (χ1n) is 5.00. The number of carbonyl (C=O) groups excluding carboxylic acids is 1. The molecule has 0 saturated carbocycles. The van der Waals surface area contributed by atoms with Crippen molar-refractivity contribution in [2.45, 2.75) is 26.2 Å². The highest BCUT2D eigenvalue weighted by atomic mass is 32.1. The lowest BCUT2D eigenvalue weighted by atomic mass is 9.98. The van der Waals surface area contributed by atoms with Crippen LogP contribution in [0.3, 0.4) is 0 Å². The van der Waals surface area contributed by atoms with Gasteiger partial charge in [0.25, 0.3) is 5.91 Å². The van der Waals surface area contributed by atoms with Crippen LogP contribution in [0.4, 0.5) is 5.13 Å². The number of hydrogen-bond donors (Lipinski definition) is 1. The summed E-state index contributed by atoms with van der Waals surface area (Å²) in [6.07, 6.45) is 0. The average Bonchev–Trinajstić information content (AvgIpc) is 2.85. The number of anilines is 1. The van der Waals surface area contributed by atoms with Gasteiger partial charge in [0.15, 0.2) is 0 Å². The molecule has 0 unspecified atom stereocenters. The van der Waals surface area contributed by atoms with Crippen molar-refractivity contribution in [3.63, 3.8) is 0 Å². The van der Waals surface area contributed by atoms with Crippen molar-refractivity contribution in [1.82, 2.24) is 15.2 Å². The van der Waals surface area contributed by atoms with Gasteiger partial charge >= 0.3 is 0 Å². The highest BCUT2D eigenvalue weighted by Crippen LogP contribution is 2.27. The molecule has 7 heteroatoms. The third-order valence-electron chi connectivity index (χ3n) is 1.95. The Kier molecular flexibility index (Phi) is 3.21. The summed E-state index contributed by atoms with van der Waals surface area (Å²) in [7, 11) is 0. The second-order valence-electron chi connectivity index (χ2n) is 4.49. The predicted molar refractivity (Wildman–Crippen MR) is 68.7 cm³/mol. The molecule has 0 radical (unpaired) electrons. The molecule has 0 fully saturated rings. The van der Waals surface area contributed by atoms with Gasteiger partial charge in [-0.1, -0.05) is 32.1 Å². The molecule has 2 rings (SSSR count). The Morgan fingerprint density at radius 1 is 1.35 bits per heavy atom. The molecule has 2 aromatic heterocycles. The van der Waals surface area contributed by atoms with E-state index in [0.717, 1.165) is 5.01 Å². The summed E-state index contributed by atoms with van der Waals surface area (Å²) >= 11 is 2.77. The summed E-state index contributed by atoms with van der Waals surface area (Å²) in [5, 5.41) is 13.8. The van der Waals surface area contributed by atoms with Crippen LogP contribution >= 0.6 is 22.7 Å². The minimum absolute atomic E-state index is 0.0543. The SMILES string of the molecule is CC(C)(C)c1nnc(NC(=O)c2cscn2)s1. The van der Waals surface area contributed by atoms with Crippen LogP contribution in [0.2, 0.25) is 0 Å². The normalized spacial score (nSPS) is 11.5. The number of nitrogens with zero attached hydrogens (tertiary/aromatic N) is 3. The van der Waals surface area contributed by atoms with Crippen LogP contribution in [0.5, 0.6) is 0 Å². The van der Waals surface area contributed by atoms with E-state index in [2.05, 4.69) is 41.3 Å². The van der Waals surface area contributed by atoms with Gasteiger partial charge in [0.05, 0.1) is 5.51 Å². The maximum Gasteiger partial charge on any atom is 0.276 e. The Morgan fingerprint density at radius 2 is 2.12 bits per heavy atom. The van der Waals surface area contributed by atoms with Crippen LogP contribution in [0.1, 0.15) is 36.3 Å². The van der Waals surface area contributed by atoms with Crippen molar-refractivity contribution in [1.29, 1.82) is 0 Å². The van der Waals surface area contributed by atoms with Crippen LogP contribution < -0.4 is 5.32 Å². The summed E-state index contributed by atoms with van der Waals surface area (Å²) in [6, 6.07) is 0. The molecule has 5 nitrogen and oxygen atoms in total. The van der Waals surface area contributed by atoms with Crippen molar-refractivity contribution in [3.05, 3.63) is 21.6 Å². The zero-order chi connectivity index (χ0) is 12.5. The molecular weight excluding hydrogens is 256 g/mol. The standard InChI is InChI=1S/C10H12N4OS2/c1-10(2,3)8-13-14-9(17-8)12-7(15)6-4-16-5-11-6/h4-5H,1-3H3,(H,12,14,15). The fourth-order valence-electron chi connectivity index (χ4n) is 1.06. The van der Waals surface area contributed by atoms with E-state index in [-0.39, 0.29) is 11.3 Å². The number of hydrogen-bond acceptors (Lipinski definition) is 6. The monoisotopic (exact) mass is 268 g/mol. The molecule has 1 amide bonds. The molecule has 0 aliphatic heterocycles. The lowest BCUT2D eigenvalue weighted by Crippen LogP contribution is -2.11. The first-order chi connectivity index (χ1) is 7.97. The van der Waals surface area contributed by atoms with E-state index in [1.54, 1.807) is 10.9 Å². The largest absolute Gasteiger partial charge is 0.295 e. The molecule has 0 aliphatic carbocycles. The van der Waals surface area contributed by atoms with E-state index in [1.807, 2.05) is 0 Å². The molecule has 1 N–H and O–H groups in total. The van der Waals surface area contributed by atoms with Crippen LogP contribution in [0.15, 0.2) is 10.9 Å². The molecule has 0 aliphatic rings. The average molecular weight is 268 g/mol. The zero-order valence-electron chi connectivity index (χ0n) is 9.72. The minimum atomic E-state index is -0.247.